The standard InChI is InChI=1S/C75H137N2O7P/c1-7-10-13-16-19-22-25-27-29-31-33-35-36-37-38-39-40-42-44-46-48-50-53-56-59-62-65-68-75(79)84-73(66-63-60-57-54-51-24-21-18-15-12-9-3)72(71-83-85(80,81)82-70-69-77(4,5)6)76-74(78)67-64-61-58-55-52-49-47-45-43-41-34-32-30-28-26-23-20-17-14-11-8-2/h11,14,20,23,28,30,34,41,45,47,52,55,63,66,72-73H,7-10,12-13,15-19,21-22,24-27,29,31-33,35-40,42-44,46,48-51,53-54,56-62,64-65,67-71H2,1-6H3,(H-,76,78,80,81)/p+1/b14-11-,23-20-,30-28-,41-34-,47-45-,55-52-,66-63-. The van der Waals surface area contributed by atoms with Crippen molar-refractivity contribution in [3.05, 3.63) is 85.1 Å². The average Bonchev–Trinajstić information content (AvgIpc) is 3.57. The summed E-state index contributed by atoms with van der Waals surface area (Å²) in [5, 5.41) is 3.04. The van der Waals surface area contributed by atoms with Crippen LogP contribution in [-0.2, 0) is 27.9 Å². The topological polar surface area (TPSA) is 111 Å². The number of esters is 1. The monoisotopic (exact) mass is 1210 g/mol. The summed E-state index contributed by atoms with van der Waals surface area (Å²) in [4.78, 5) is 37.8. The van der Waals surface area contributed by atoms with E-state index in [0.717, 1.165) is 89.9 Å². The second-order valence-corrected chi connectivity index (χ2v) is 26.8. The van der Waals surface area contributed by atoms with Gasteiger partial charge in [-0.05, 0) is 83.1 Å². The normalized spacial score (nSPS) is 14.0. The van der Waals surface area contributed by atoms with Crippen molar-refractivity contribution in [2.45, 2.75) is 341 Å². The summed E-state index contributed by atoms with van der Waals surface area (Å²) in [6.07, 6.45) is 86.2. The van der Waals surface area contributed by atoms with E-state index >= 15 is 0 Å². The van der Waals surface area contributed by atoms with Crippen molar-refractivity contribution >= 4 is 19.7 Å². The average molecular weight is 1210 g/mol. The van der Waals surface area contributed by atoms with Crippen molar-refractivity contribution in [1.82, 2.24) is 5.32 Å². The van der Waals surface area contributed by atoms with Crippen LogP contribution in [0.25, 0.3) is 0 Å². The van der Waals surface area contributed by atoms with Gasteiger partial charge in [0, 0.05) is 12.8 Å². The fourth-order valence-corrected chi connectivity index (χ4v) is 11.1. The van der Waals surface area contributed by atoms with Gasteiger partial charge in [0.25, 0.3) is 0 Å². The van der Waals surface area contributed by atoms with E-state index in [4.69, 9.17) is 13.8 Å². The van der Waals surface area contributed by atoms with E-state index in [0.29, 0.717) is 17.4 Å². The Labute approximate surface area is 526 Å². The third-order valence-electron chi connectivity index (χ3n) is 15.8. The number of hydrogen-bond donors (Lipinski definition) is 2. The van der Waals surface area contributed by atoms with Crippen LogP contribution in [0, 0.1) is 0 Å². The summed E-state index contributed by atoms with van der Waals surface area (Å²) in [5.41, 5.74) is 0. The minimum absolute atomic E-state index is 0.0295. The summed E-state index contributed by atoms with van der Waals surface area (Å²) in [6.45, 7) is 6.89. The first-order chi connectivity index (χ1) is 41.4. The van der Waals surface area contributed by atoms with Crippen LogP contribution >= 0.6 is 7.82 Å². The third kappa shape index (κ3) is 65.5. The number of phosphoric ester groups is 1. The molecule has 0 fully saturated rings. The molecule has 494 valence electrons. The van der Waals surface area contributed by atoms with Crippen molar-refractivity contribution in [2.75, 3.05) is 40.9 Å². The quantitative estimate of drug-likeness (QED) is 0.0205. The molecule has 0 aromatic rings. The van der Waals surface area contributed by atoms with E-state index in [-0.39, 0.29) is 37.9 Å². The van der Waals surface area contributed by atoms with Gasteiger partial charge in [0.15, 0.2) is 0 Å². The predicted octanol–water partition coefficient (Wildman–Crippen LogP) is 22.9. The third-order valence-corrected chi connectivity index (χ3v) is 16.8. The number of ether oxygens (including phenoxy) is 1. The molecule has 0 radical (unpaired) electrons. The molecule has 10 heteroatoms. The number of carbonyl (C=O) groups excluding carboxylic acids is 2. The van der Waals surface area contributed by atoms with Crippen LogP contribution < -0.4 is 5.32 Å². The first kappa shape index (κ1) is 82.2. The molecular formula is C75H138N2O7P+. The highest BCUT2D eigenvalue weighted by Gasteiger charge is 2.30. The van der Waals surface area contributed by atoms with Crippen LogP contribution in [0.5, 0.6) is 0 Å². The molecule has 0 aliphatic heterocycles. The highest BCUT2D eigenvalue weighted by atomic mass is 31.2. The smallest absolute Gasteiger partial charge is 0.456 e. The van der Waals surface area contributed by atoms with Crippen molar-refractivity contribution in [3.8, 4) is 0 Å². The van der Waals surface area contributed by atoms with E-state index in [1.165, 1.54) is 199 Å². The van der Waals surface area contributed by atoms with Gasteiger partial charge in [0.1, 0.15) is 19.3 Å². The zero-order chi connectivity index (χ0) is 62.1. The number of phosphoric acid groups is 1. The van der Waals surface area contributed by atoms with Crippen molar-refractivity contribution in [3.63, 3.8) is 0 Å². The number of nitrogens with one attached hydrogen (secondary N) is 1. The van der Waals surface area contributed by atoms with E-state index in [1.54, 1.807) is 0 Å². The Bertz CT molecular complexity index is 1730. The molecule has 1 amide bonds. The molecule has 0 spiro atoms. The SMILES string of the molecule is CC/C=C\C/C=C\C/C=C\C/C=C\C/C=C\C/C=C\CCCCC(=O)NC(COP(=O)(O)OCC[N+](C)(C)C)C(/C=C\CCCCCCCCCCC)OC(=O)CCCCCCCCCCCCCCCCCCCCCCCCCCCCC. The summed E-state index contributed by atoms with van der Waals surface area (Å²) >= 11 is 0. The van der Waals surface area contributed by atoms with Crippen LogP contribution in [0.4, 0.5) is 0 Å². The summed E-state index contributed by atoms with van der Waals surface area (Å²) in [5.74, 6) is -0.548. The van der Waals surface area contributed by atoms with Gasteiger partial charge in [-0.3, -0.25) is 18.6 Å². The maximum atomic E-state index is 13.6. The minimum Gasteiger partial charge on any atom is -0.456 e. The fraction of sp³-hybridized carbons (Fsp3) is 0.787. The van der Waals surface area contributed by atoms with Crippen LogP contribution in [0.2, 0.25) is 0 Å². The Morgan fingerprint density at radius 3 is 1.14 bits per heavy atom. The van der Waals surface area contributed by atoms with Crippen LogP contribution in [0.3, 0.4) is 0 Å². The van der Waals surface area contributed by atoms with Crippen molar-refractivity contribution in [2.24, 2.45) is 0 Å². The first-order valence-corrected chi connectivity index (χ1v) is 37.4. The Morgan fingerprint density at radius 1 is 0.424 bits per heavy atom. The Kier molecular flexibility index (Phi) is 62.1. The largest absolute Gasteiger partial charge is 0.472 e. The fourth-order valence-electron chi connectivity index (χ4n) is 10.4. The second kappa shape index (κ2) is 64.2. The number of rotatable bonds is 65. The number of quaternary nitrogens is 1. The van der Waals surface area contributed by atoms with Crippen LogP contribution in [-0.4, -0.2) is 74.3 Å². The number of carbonyl (C=O) groups is 2. The molecule has 0 aliphatic carbocycles. The summed E-state index contributed by atoms with van der Waals surface area (Å²) in [6, 6.07) is -0.875. The lowest BCUT2D eigenvalue weighted by molar-refractivity contribution is -0.870. The molecule has 0 saturated carbocycles. The molecule has 3 unspecified atom stereocenters. The molecule has 9 nitrogen and oxygen atoms in total. The molecule has 0 bridgehead atoms. The lowest BCUT2D eigenvalue weighted by atomic mass is 10.0. The molecule has 0 aromatic heterocycles. The van der Waals surface area contributed by atoms with E-state index in [9.17, 15) is 19.0 Å². The number of unbranched alkanes of at least 4 members (excludes halogenated alkanes) is 37. The number of amides is 1. The van der Waals surface area contributed by atoms with Crippen LogP contribution in [0.15, 0.2) is 85.1 Å². The molecule has 0 rings (SSSR count). The molecule has 0 aromatic carbocycles. The molecule has 3 atom stereocenters. The van der Waals surface area contributed by atoms with Gasteiger partial charge in [-0.2, -0.15) is 0 Å². The van der Waals surface area contributed by atoms with Gasteiger partial charge in [0.2, 0.25) is 5.91 Å². The molecule has 0 saturated heterocycles. The van der Waals surface area contributed by atoms with E-state index in [2.05, 4.69) is 99.0 Å². The van der Waals surface area contributed by atoms with Gasteiger partial charge in [-0.25, -0.2) is 4.57 Å². The van der Waals surface area contributed by atoms with Crippen molar-refractivity contribution in [1.29, 1.82) is 0 Å². The molecule has 0 aliphatic rings. The number of likely N-dealkylation sites (N-methyl/N-ethyl adjacent to an activating group) is 1. The van der Waals surface area contributed by atoms with Gasteiger partial charge in [-0.15, -0.1) is 0 Å². The van der Waals surface area contributed by atoms with Gasteiger partial charge < -0.3 is 19.4 Å². The highest BCUT2D eigenvalue weighted by Crippen LogP contribution is 2.43. The molecule has 2 N–H and O–H groups in total. The Hall–Kier alpha value is -2.81. The number of allylic oxidation sites excluding steroid dienone is 13. The Morgan fingerprint density at radius 2 is 0.753 bits per heavy atom. The molecule has 85 heavy (non-hydrogen) atoms. The van der Waals surface area contributed by atoms with Crippen LogP contribution in [0.1, 0.15) is 329 Å². The maximum Gasteiger partial charge on any atom is 0.472 e. The number of nitrogens with zero attached hydrogens (tertiary/aromatic N) is 1. The predicted molar refractivity (Wildman–Crippen MR) is 369 cm³/mol. The van der Waals surface area contributed by atoms with E-state index < -0.39 is 20.0 Å². The zero-order valence-corrected chi connectivity index (χ0v) is 57.5. The van der Waals surface area contributed by atoms with Gasteiger partial charge in [0.05, 0.1) is 33.8 Å². The number of hydrogen-bond acceptors (Lipinski definition) is 6. The second-order valence-electron chi connectivity index (χ2n) is 25.4. The zero-order valence-electron chi connectivity index (χ0n) is 56.6. The van der Waals surface area contributed by atoms with Gasteiger partial charge in [-0.1, -0.05) is 318 Å². The summed E-state index contributed by atoms with van der Waals surface area (Å²) in [7, 11) is 1.47. The highest BCUT2D eigenvalue weighted by molar-refractivity contribution is 7.47. The van der Waals surface area contributed by atoms with Crippen molar-refractivity contribution < 1.29 is 37.3 Å². The minimum atomic E-state index is -4.47. The molecule has 0 heterocycles. The Balaban J connectivity index is 5.03. The first-order valence-electron chi connectivity index (χ1n) is 35.9. The lowest BCUT2D eigenvalue weighted by Gasteiger charge is -2.27. The van der Waals surface area contributed by atoms with E-state index in [1.807, 2.05) is 33.3 Å². The molecular weight excluding hydrogens is 1070 g/mol. The maximum absolute atomic E-state index is 13.6. The lowest BCUT2D eigenvalue weighted by Crippen LogP contribution is -2.47. The summed E-state index contributed by atoms with van der Waals surface area (Å²) < 4.78 is 30.8. The van der Waals surface area contributed by atoms with Gasteiger partial charge >= 0.3 is 13.8 Å².